The van der Waals surface area contributed by atoms with Crippen molar-refractivity contribution in [3.05, 3.63) is 53.6 Å². The van der Waals surface area contributed by atoms with E-state index in [1.165, 1.54) is 19.9 Å². The Morgan fingerprint density at radius 2 is 1.57 bits per heavy atom. The number of carbonyl (C=O) groups excluding carboxylic acids is 2. The summed E-state index contributed by atoms with van der Waals surface area (Å²) >= 11 is 0. The van der Waals surface area contributed by atoms with Crippen LogP contribution in [0.2, 0.25) is 0 Å². The third-order valence-corrected chi connectivity index (χ3v) is 3.24. The molecule has 0 radical (unpaired) electrons. The molecule has 4 nitrogen and oxygen atoms in total. The number of rotatable bonds is 1. The molecule has 0 aromatic carbocycles. The maximum atomic E-state index is 12.0. The predicted octanol–water partition coefficient (Wildman–Crippen LogP) is 3.01. The van der Waals surface area contributed by atoms with Gasteiger partial charge in [0.05, 0.1) is 0 Å². The predicted molar refractivity (Wildman–Crippen MR) is 77.3 cm³/mol. The van der Waals surface area contributed by atoms with Crippen LogP contribution in [0.5, 0.6) is 0 Å². The topological polar surface area (TPSA) is 52.6 Å². The van der Waals surface area contributed by atoms with E-state index >= 15 is 0 Å². The Morgan fingerprint density at radius 3 is 2.29 bits per heavy atom. The van der Waals surface area contributed by atoms with Gasteiger partial charge in [-0.05, 0) is 22.8 Å². The van der Waals surface area contributed by atoms with Gasteiger partial charge in [0, 0.05) is 13.8 Å². The fourth-order valence-corrected chi connectivity index (χ4v) is 2.30. The number of esters is 2. The fourth-order valence-electron chi connectivity index (χ4n) is 2.30. The minimum absolute atomic E-state index is 0.0895. The van der Waals surface area contributed by atoms with Gasteiger partial charge < -0.3 is 9.47 Å². The molecule has 0 atom stereocenters. The van der Waals surface area contributed by atoms with Crippen molar-refractivity contribution in [2.24, 2.45) is 0 Å². The number of cyclic esters (lactones) is 2. The van der Waals surface area contributed by atoms with Crippen LogP contribution in [0, 0.1) is 0 Å². The van der Waals surface area contributed by atoms with Crippen molar-refractivity contribution < 1.29 is 19.1 Å². The Bertz CT molecular complexity index is 705. The van der Waals surface area contributed by atoms with Crippen LogP contribution in [-0.4, -0.2) is 17.7 Å². The van der Waals surface area contributed by atoms with Crippen molar-refractivity contribution in [3.63, 3.8) is 0 Å². The highest BCUT2D eigenvalue weighted by Gasteiger charge is 2.38. The lowest BCUT2D eigenvalue weighted by Gasteiger charge is -2.29. The summed E-state index contributed by atoms with van der Waals surface area (Å²) in [6.45, 7) is 3.05. The second kappa shape index (κ2) is 4.74. The standard InChI is InChI=1S/C17H14O4/c1-17(2)20-15(18)14(16(19)21-17)10-12-9-8-11-6-4-3-5-7-13(11)12/h3-10H,1-2H3. The van der Waals surface area contributed by atoms with Crippen molar-refractivity contribution in [2.45, 2.75) is 19.6 Å². The highest BCUT2D eigenvalue weighted by atomic mass is 16.7. The van der Waals surface area contributed by atoms with Crippen LogP contribution in [0.1, 0.15) is 19.4 Å². The number of fused-ring (bicyclic) bond motifs is 1. The maximum absolute atomic E-state index is 12.0. The number of ether oxygens (including phenoxy) is 2. The van der Waals surface area contributed by atoms with Crippen LogP contribution in [0.25, 0.3) is 17.2 Å². The van der Waals surface area contributed by atoms with Gasteiger partial charge in [-0.25, -0.2) is 9.59 Å². The molecule has 3 rings (SSSR count). The van der Waals surface area contributed by atoms with Gasteiger partial charge in [0.15, 0.2) is 0 Å². The molecule has 106 valence electrons. The first-order valence-corrected chi connectivity index (χ1v) is 6.62. The summed E-state index contributed by atoms with van der Waals surface area (Å²) in [5.41, 5.74) is 2.68. The highest BCUT2D eigenvalue weighted by Crippen LogP contribution is 2.30. The van der Waals surface area contributed by atoms with Gasteiger partial charge in [-0.15, -0.1) is 0 Å². The van der Waals surface area contributed by atoms with Gasteiger partial charge in [-0.2, -0.15) is 0 Å². The van der Waals surface area contributed by atoms with Crippen LogP contribution in [-0.2, 0) is 19.1 Å². The van der Waals surface area contributed by atoms with E-state index in [9.17, 15) is 9.59 Å². The molecule has 1 fully saturated rings. The lowest BCUT2D eigenvalue weighted by Crippen LogP contribution is -2.41. The molecule has 3 aliphatic rings. The number of hydrogen-bond acceptors (Lipinski definition) is 4. The largest absolute Gasteiger partial charge is 0.419 e. The molecule has 0 aromatic heterocycles. The molecule has 0 aromatic rings. The molecular formula is C17H14O4. The van der Waals surface area contributed by atoms with Crippen molar-refractivity contribution in [1.29, 1.82) is 0 Å². The molecule has 0 saturated carbocycles. The molecule has 21 heavy (non-hydrogen) atoms. The number of carbonyl (C=O) groups is 2. The van der Waals surface area contributed by atoms with Crippen LogP contribution < -0.4 is 0 Å². The first-order chi connectivity index (χ1) is 9.96. The molecule has 1 heterocycles. The molecule has 2 aliphatic carbocycles. The SMILES string of the molecule is CC1(C)OC(=O)C(=Cc2ccc3cccccc2-3)C(=O)O1. The van der Waals surface area contributed by atoms with Gasteiger partial charge in [-0.3, -0.25) is 0 Å². The van der Waals surface area contributed by atoms with Crippen molar-refractivity contribution in [3.8, 4) is 11.1 Å². The Labute approximate surface area is 122 Å². The van der Waals surface area contributed by atoms with Gasteiger partial charge in [0.25, 0.3) is 5.79 Å². The van der Waals surface area contributed by atoms with E-state index in [2.05, 4.69) is 0 Å². The zero-order valence-electron chi connectivity index (χ0n) is 11.8. The lowest BCUT2D eigenvalue weighted by atomic mass is 10.1. The molecule has 1 aliphatic heterocycles. The summed E-state index contributed by atoms with van der Waals surface area (Å²) in [7, 11) is 0. The van der Waals surface area contributed by atoms with Crippen LogP contribution in [0.15, 0.2) is 48.0 Å². The molecular weight excluding hydrogens is 268 g/mol. The first-order valence-electron chi connectivity index (χ1n) is 6.62. The van der Waals surface area contributed by atoms with Crippen molar-refractivity contribution in [1.82, 2.24) is 0 Å². The summed E-state index contributed by atoms with van der Waals surface area (Å²) in [5.74, 6) is -2.54. The van der Waals surface area contributed by atoms with E-state index in [4.69, 9.17) is 9.47 Å². The van der Waals surface area contributed by atoms with Crippen LogP contribution in [0.4, 0.5) is 0 Å². The van der Waals surface area contributed by atoms with E-state index in [0.717, 1.165) is 16.7 Å². The Kier molecular flexibility index (Phi) is 3.01. The van der Waals surface area contributed by atoms with E-state index in [0.29, 0.717) is 0 Å². The minimum atomic E-state index is -1.22. The van der Waals surface area contributed by atoms with Crippen molar-refractivity contribution in [2.75, 3.05) is 0 Å². The summed E-state index contributed by atoms with van der Waals surface area (Å²) in [5, 5.41) is 0. The Hall–Kier alpha value is -2.62. The Morgan fingerprint density at radius 1 is 0.905 bits per heavy atom. The monoisotopic (exact) mass is 282 g/mol. The molecule has 4 heteroatoms. The maximum Gasteiger partial charge on any atom is 0.348 e. The highest BCUT2D eigenvalue weighted by molar-refractivity contribution is 6.19. The smallest absolute Gasteiger partial charge is 0.348 e. The molecule has 0 N–H and O–H groups in total. The third kappa shape index (κ3) is 2.52. The third-order valence-electron chi connectivity index (χ3n) is 3.24. The normalized spacial score (nSPS) is 17.3. The average molecular weight is 282 g/mol. The summed E-state index contributed by atoms with van der Waals surface area (Å²) in [6.07, 6.45) is 1.52. The van der Waals surface area contributed by atoms with Crippen LogP contribution >= 0.6 is 0 Å². The summed E-state index contributed by atoms with van der Waals surface area (Å²) in [4.78, 5) is 23.9. The van der Waals surface area contributed by atoms with Gasteiger partial charge in [0.2, 0.25) is 0 Å². The van der Waals surface area contributed by atoms with Gasteiger partial charge in [-0.1, -0.05) is 42.5 Å². The second-order valence-corrected chi connectivity index (χ2v) is 5.31. The first kappa shape index (κ1) is 13.4. The quantitative estimate of drug-likeness (QED) is 0.458. The van der Waals surface area contributed by atoms with Gasteiger partial charge in [0.1, 0.15) is 5.57 Å². The van der Waals surface area contributed by atoms with E-state index in [-0.39, 0.29) is 5.57 Å². The molecule has 0 unspecified atom stereocenters. The fraction of sp³-hybridized carbons (Fsp3) is 0.176. The molecule has 0 amide bonds. The number of hydrogen-bond donors (Lipinski definition) is 0. The second-order valence-electron chi connectivity index (χ2n) is 5.31. The molecule has 1 saturated heterocycles. The zero-order chi connectivity index (χ0) is 15.0. The molecule has 0 bridgehead atoms. The summed E-state index contributed by atoms with van der Waals surface area (Å²) < 4.78 is 10.2. The van der Waals surface area contributed by atoms with Crippen molar-refractivity contribution >= 4 is 18.0 Å². The minimum Gasteiger partial charge on any atom is -0.419 e. The van der Waals surface area contributed by atoms with E-state index in [1.54, 1.807) is 0 Å². The summed E-state index contributed by atoms with van der Waals surface area (Å²) in [6, 6.07) is 13.5. The lowest BCUT2D eigenvalue weighted by molar-refractivity contribution is -0.222. The zero-order valence-corrected chi connectivity index (χ0v) is 11.8. The van der Waals surface area contributed by atoms with Crippen LogP contribution in [0.3, 0.4) is 0 Å². The van der Waals surface area contributed by atoms with Gasteiger partial charge >= 0.3 is 11.9 Å². The Balaban J connectivity index is 2.02. The molecule has 0 spiro atoms. The van der Waals surface area contributed by atoms with E-state index in [1.807, 2.05) is 42.5 Å². The van der Waals surface area contributed by atoms with E-state index < -0.39 is 17.7 Å². The average Bonchev–Trinajstić information content (AvgIpc) is 2.61.